The Hall–Kier alpha value is -1.17. The Morgan fingerprint density at radius 1 is 1.30 bits per heavy atom. The monoisotopic (exact) mass is 279 g/mol. The van der Waals surface area contributed by atoms with E-state index in [0.29, 0.717) is 6.54 Å². The van der Waals surface area contributed by atoms with Gasteiger partial charge in [-0.3, -0.25) is 4.90 Å². The standard InChI is InChI=1S/C15H25N3O2/c1-12(19)13-4-5-16-14(10-13)18-8-6-17(7-9-18)11-15(2,3)20/h4-5,10,12,19-20H,6-9,11H2,1-3H3/t12-/m0/s1. The van der Waals surface area contributed by atoms with Crippen LogP contribution >= 0.6 is 0 Å². The van der Waals surface area contributed by atoms with Gasteiger partial charge in [0.25, 0.3) is 0 Å². The molecular formula is C15H25N3O2. The van der Waals surface area contributed by atoms with Crippen molar-refractivity contribution in [3.8, 4) is 0 Å². The van der Waals surface area contributed by atoms with Gasteiger partial charge in [-0.05, 0) is 38.5 Å². The summed E-state index contributed by atoms with van der Waals surface area (Å²) in [6.07, 6.45) is 1.29. The molecule has 1 aromatic heterocycles. The van der Waals surface area contributed by atoms with Crippen LogP contribution in [0.4, 0.5) is 5.82 Å². The highest BCUT2D eigenvalue weighted by molar-refractivity contribution is 5.42. The molecule has 2 rings (SSSR count). The number of aromatic nitrogens is 1. The molecule has 1 atom stereocenters. The Kier molecular flexibility index (Phi) is 4.62. The molecule has 1 fully saturated rings. The summed E-state index contributed by atoms with van der Waals surface area (Å²) in [5.41, 5.74) is 0.251. The van der Waals surface area contributed by atoms with Crippen LogP contribution in [-0.2, 0) is 0 Å². The van der Waals surface area contributed by atoms with E-state index in [9.17, 15) is 10.2 Å². The zero-order chi connectivity index (χ0) is 14.8. The molecule has 0 aromatic carbocycles. The molecule has 0 bridgehead atoms. The summed E-state index contributed by atoms with van der Waals surface area (Å²) in [4.78, 5) is 8.89. The third-order valence-electron chi connectivity index (χ3n) is 3.56. The van der Waals surface area contributed by atoms with Crippen LogP contribution in [0, 0.1) is 0 Å². The van der Waals surface area contributed by atoms with E-state index in [1.807, 2.05) is 26.0 Å². The molecule has 1 saturated heterocycles. The number of rotatable bonds is 4. The fourth-order valence-electron chi connectivity index (χ4n) is 2.55. The van der Waals surface area contributed by atoms with E-state index in [-0.39, 0.29) is 0 Å². The van der Waals surface area contributed by atoms with Crippen LogP contribution < -0.4 is 4.90 Å². The minimum Gasteiger partial charge on any atom is -0.389 e. The zero-order valence-corrected chi connectivity index (χ0v) is 12.6. The molecule has 1 aromatic rings. The number of hydrogen-bond acceptors (Lipinski definition) is 5. The number of pyridine rings is 1. The van der Waals surface area contributed by atoms with Gasteiger partial charge in [-0.15, -0.1) is 0 Å². The van der Waals surface area contributed by atoms with Gasteiger partial charge < -0.3 is 15.1 Å². The largest absolute Gasteiger partial charge is 0.389 e. The molecular weight excluding hydrogens is 254 g/mol. The van der Waals surface area contributed by atoms with Gasteiger partial charge >= 0.3 is 0 Å². The smallest absolute Gasteiger partial charge is 0.128 e. The summed E-state index contributed by atoms with van der Waals surface area (Å²) in [5, 5.41) is 19.5. The number of β-amino-alcohol motifs (C(OH)–C–C–N with tert-alkyl or cyclic N) is 1. The number of anilines is 1. The highest BCUT2D eigenvalue weighted by atomic mass is 16.3. The van der Waals surface area contributed by atoms with Gasteiger partial charge in [0.15, 0.2) is 0 Å². The third-order valence-corrected chi connectivity index (χ3v) is 3.56. The average Bonchev–Trinajstić information content (AvgIpc) is 2.38. The van der Waals surface area contributed by atoms with Crippen LogP contribution in [-0.4, -0.2) is 58.4 Å². The molecule has 1 aliphatic heterocycles. The number of aliphatic hydroxyl groups is 2. The average molecular weight is 279 g/mol. The number of aliphatic hydroxyl groups excluding tert-OH is 1. The maximum atomic E-state index is 9.85. The molecule has 0 saturated carbocycles. The highest BCUT2D eigenvalue weighted by Gasteiger charge is 2.23. The molecule has 112 valence electrons. The third kappa shape index (κ3) is 4.16. The Morgan fingerprint density at radius 2 is 1.95 bits per heavy atom. The first-order chi connectivity index (χ1) is 9.35. The second kappa shape index (κ2) is 6.08. The molecule has 5 nitrogen and oxygen atoms in total. The van der Waals surface area contributed by atoms with Crippen molar-refractivity contribution in [3.63, 3.8) is 0 Å². The maximum absolute atomic E-state index is 9.85. The van der Waals surface area contributed by atoms with E-state index in [1.165, 1.54) is 0 Å². The van der Waals surface area contributed by atoms with Crippen molar-refractivity contribution < 1.29 is 10.2 Å². The van der Waals surface area contributed by atoms with Crippen molar-refractivity contribution in [1.29, 1.82) is 0 Å². The molecule has 2 heterocycles. The fourth-order valence-corrected chi connectivity index (χ4v) is 2.55. The van der Waals surface area contributed by atoms with Gasteiger partial charge in [-0.25, -0.2) is 4.98 Å². The van der Waals surface area contributed by atoms with Crippen molar-refractivity contribution in [2.24, 2.45) is 0 Å². The molecule has 0 radical (unpaired) electrons. The van der Waals surface area contributed by atoms with E-state index in [0.717, 1.165) is 37.6 Å². The second-order valence-corrected chi connectivity index (χ2v) is 6.20. The van der Waals surface area contributed by atoms with E-state index >= 15 is 0 Å². The topological polar surface area (TPSA) is 59.8 Å². The molecule has 0 aliphatic carbocycles. The normalized spacial score (nSPS) is 19.1. The summed E-state index contributed by atoms with van der Waals surface area (Å²) < 4.78 is 0. The molecule has 0 amide bonds. The first-order valence-corrected chi connectivity index (χ1v) is 7.19. The minimum absolute atomic E-state index is 0.465. The van der Waals surface area contributed by atoms with Crippen molar-refractivity contribution in [1.82, 2.24) is 9.88 Å². The quantitative estimate of drug-likeness (QED) is 0.862. The summed E-state index contributed by atoms with van der Waals surface area (Å²) in [6.45, 7) is 9.77. The Balaban J connectivity index is 1.95. The van der Waals surface area contributed by atoms with E-state index in [2.05, 4.69) is 14.8 Å². The predicted molar refractivity (Wildman–Crippen MR) is 79.8 cm³/mol. The molecule has 0 unspecified atom stereocenters. The lowest BCUT2D eigenvalue weighted by Gasteiger charge is -2.37. The predicted octanol–water partition coefficient (Wildman–Crippen LogP) is 1.03. The first-order valence-electron chi connectivity index (χ1n) is 7.19. The SMILES string of the molecule is C[C@H](O)c1ccnc(N2CCN(CC(C)(C)O)CC2)c1. The van der Waals surface area contributed by atoms with Crippen molar-refractivity contribution >= 4 is 5.82 Å². The molecule has 20 heavy (non-hydrogen) atoms. The Labute approximate surface area is 120 Å². The van der Waals surface area contributed by atoms with Gasteiger partial charge in [0, 0.05) is 38.9 Å². The summed E-state index contributed by atoms with van der Waals surface area (Å²) in [7, 11) is 0. The Bertz CT molecular complexity index is 435. The van der Waals surface area contributed by atoms with Crippen LogP contribution in [0.15, 0.2) is 18.3 Å². The van der Waals surface area contributed by atoms with Crippen molar-refractivity contribution in [2.75, 3.05) is 37.6 Å². The number of nitrogens with zero attached hydrogens (tertiary/aromatic N) is 3. The summed E-state index contributed by atoms with van der Waals surface area (Å²) >= 11 is 0. The van der Waals surface area contributed by atoms with E-state index < -0.39 is 11.7 Å². The second-order valence-electron chi connectivity index (χ2n) is 6.20. The van der Waals surface area contributed by atoms with Crippen LogP contribution in [0.1, 0.15) is 32.4 Å². The van der Waals surface area contributed by atoms with Gasteiger partial charge in [0.2, 0.25) is 0 Å². The maximum Gasteiger partial charge on any atom is 0.128 e. The van der Waals surface area contributed by atoms with Crippen molar-refractivity contribution in [2.45, 2.75) is 32.5 Å². The van der Waals surface area contributed by atoms with Gasteiger partial charge in [0.05, 0.1) is 11.7 Å². The lowest BCUT2D eigenvalue weighted by atomic mass is 10.1. The van der Waals surface area contributed by atoms with Crippen LogP contribution in [0.25, 0.3) is 0 Å². The van der Waals surface area contributed by atoms with Crippen LogP contribution in [0.2, 0.25) is 0 Å². The van der Waals surface area contributed by atoms with Crippen LogP contribution in [0.5, 0.6) is 0 Å². The summed E-state index contributed by atoms with van der Waals surface area (Å²) in [6, 6.07) is 3.80. The minimum atomic E-state index is -0.646. The van der Waals surface area contributed by atoms with Gasteiger partial charge in [-0.2, -0.15) is 0 Å². The number of hydrogen-bond donors (Lipinski definition) is 2. The lowest BCUT2D eigenvalue weighted by molar-refractivity contribution is 0.0344. The Morgan fingerprint density at radius 3 is 2.50 bits per heavy atom. The van der Waals surface area contributed by atoms with Crippen LogP contribution in [0.3, 0.4) is 0 Å². The van der Waals surface area contributed by atoms with E-state index in [4.69, 9.17) is 0 Å². The number of piperazine rings is 1. The van der Waals surface area contributed by atoms with Crippen molar-refractivity contribution in [3.05, 3.63) is 23.9 Å². The highest BCUT2D eigenvalue weighted by Crippen LogP contribution is 2.19. The molecule has 1 aliphatic rings. The lowest BCUT2D eigenvalue weighted by Crippen LogP contribution is -2.50. The van der Waals surface area contributed by atoms with E-state index in [1.54, 1.807) is 13.1 Å². The molecule has 2 N–H and O–H groups in total. The summed E-state index contributed by atoms with van der Waals surface area (Å²) in [5.74, 6) is 0.923. The zero-order valence-electron chi connectivity index (χ0n) is 12.6. The molecule has 5 heteroatoms. The van der Waals surface area contributed by atoms with Gasteiger partial charge in [0.1, 0.15) is 5.82 Å². The molecule has 0 spiro atoms. The fraction of sp³-hybridized carbons (Fsp3) is 0.667. The van der Waals surface area contributed by atoms with Gasteiger partial charge in [-0.1, -0.05) is 0 Å². The first kappa shape index (κ1) is 15.2.